The smallest absolute Gasteiger partial charge is 0.104 e. The average molecular weight is 284 g/mol. The minimum absolute atomic E-state index is 0.435. The van der Waals surface area contributed by atoms with Gasteiger partial charge in [0.2, 0.25) is 0 Å². The molecule has 20 heavy (non-hydrogen) atoms. The summed E-state index contributed by atoms with van der Waals surface area (Å²) in [6.45, 7) is 2.78. The molecule has 0 atom stereocenters. The predicted molar refractivity (Wildman–Crippen MR) is 84.9 cm³/mol. The first-order chi connectivity index (χ1) is 9.56. The quantitative estimate of drug-likeness (QED) is 0.751. The van der Waals surface area contributed by atoms with Crippen molar-refractivity contribution in [3.8, 4) is 0 Å². The van der Waals surface area contributed by atoms with Crippen molar-refractivity contribution in [2.75, 3.05) is 0 Å². The number of aromatic nitrogens is 3. The molecule has 0 radical (unpaired) electrons. The number of rotatable bonds is 3. The number of nitrogens with zero attached hydrogens (tertiary/aromatic N) is 3. The van der Waals surface area contributed by atoms with Crippen LogP contribution in [0.2, 0.25) is 0 Å². The van der Waals surface area contributed by atoms with Crippen LogP contribution in [0.4, 0.5) is 0 Å². The maximum atomic E-state index is 5.78. The molecular formula is C15H16N4S. The molecule has 0 saturated heterocycles. The lowest BCUT2D eigenvalue weighted by Crippen LogP contribution is -2.09. The molecule has 2 heterocycles. The molecule has 2 N–H and O–H groups in total. The Morgan fingerprint density at radius 2 is 2.15 bits per heavy atom. The van der Waals surface area contributed by atoms with Crippen molar-refractivity contribution in [3.63, 3.8) is 0 Å². The van der Waals surface area contributed by atoms with E-state index in [1.807, 2.05) is 30.8 Å². The summed E-state index contributed by atoms with van der Waals surface area (Å²) in [7, 11) is 1.97. The molecule has 1 aromatic carbocycles. The number of thiocarbonyl (C=S) groups is 1. The molecule has 0 saturated carbocycles. The fourth-order valence-corrected chi connectivity index (χ4v) is 2.74. The van der Waals surface area contributed by atoms with Gasteiger partial charge in [0.05, 0.1) is 17.9 Å². The summed E-state index contributed by atoms with van der Waals surface area (Å²) in [5.74, 6) is 0. The van der Waals surface area contributed by atoms with E-state index < -0.39 is 0 Å². The van der Waals surface area contributed by atoms with Crippen LogP contribution in [0.1, 0.15) is 17.0 Å². The van der Waals surface area contributed by atoms with Gasteiger partial charge >= 0.3 is 0 Å². The lowest BCUT2D eigenvalue weighted by atomic mass is 10.1. The van der Waals surface area contributed by atoms with Crippen LogP contribution in [0.15, 0.2) is 36.5 Å². The van der Waals surface area contributed by atoms with Gasteiger partial charge in [-0.15, -0.1) is 0 Å². The third-order valence-electron chi connectivity index (χ3n) is 3.51. The number of hydrogen-bond acceptors (Lipinski definition) is 2. The minimum atomic E-state index is 0.435. The van der Waals surface area contributed by atoms with Gasteiger partial charge in [-0.1, -0.05) is 24.4 Å². The van der Waals surface area contributed by atoms with Crippen LogP contribution in [0, 0.1) is 6.92 Å². The van der Waals surface area contributed by atoms with Gasteiger partial charge in [-0.2, -0.15) is 5.10 Å². The van der Waals surface area contributed by atoms with Crippen molar-refractivity contribution < 1.29 is 0 Å². The predicted octanol–water partition coefficient (Wildman–Crippen LogP) is 2.37. The van der Waals surface area contributed by atoms with E-state index in [2.05, 4.69) is 34.1 Å². The number of benzene rings is 1. The molecule has 3 rings (SSSR count). The molecule has 4 nitrogen and oxygen atoms in total. The summed E-state index contributed by atoms with van der Waals surface area (Å²) in [5.41, 5.74) is 10.0. The van der Waals surface area contributed by atoms with Crippen molar-refractivity contribution in [3.05, 3.63) is 53.5 Å². The SMILES string of the molecule is Cc1cc(Cn2ccc3c(C(N)=S)cccc32)n(C)n1. The van der Waals surface area contributed by atoms with E-state index in [0.29, 0.717) is 4.99 Å². The van der Waals surface area contributed by atoms with E-state index >= 15 is 0 Å². The first-order valence-electron chi connectivity index (χ1n) is 6.43. The van der Waals surface area contributed by atoms with Gasteiger partial charge in [0.1, 0.15) is 4.99 Å². The second-order valence-electron chi connectivity index (χ2n) is 4.95. The van der Waals surface area contributed by atoms with E-state index in [-0.39, 0.29) is 0 Å². The number of hydrogen-bond donors (Lipinski definition) is 1. The summed E-state index contributed by atoms with van der Waals surface area (Å²) in [5, 5.41) is 5.48. The molecule has 0 aliphatic heterocycles. The molecule has 0 spiro atoms. The van der Waals surface area contributed by atoms with Crippen LogP contribution < -0.4 is 5.73 Å². The van der Waals surface area contributed by atoms with Gasteiger partial charge in [-0.25, -0.2) is 0 Å². The molecule has 2 aromatic heterocycles. The van der Waals surface area contributed by atoms with Crippen molar-refractivity contribution in [2.45, 2.75) is 13.5 Å². The zero-order chi connectivity index (χ0) is 14.3. The maximum Gasteiger partial charge on any atom is 0.104 e. The number of aryl methyl sites for hydroxylation is 2. The van der Waals surface area contributed by atoms with Crippen molar-refractivity contribution in [1.29, 1.82) is 0 Å². The summed E-state index contributed by atoms with van der Waals surface area (Å²) in [6.07, 6.45) is 2.06. The molecule has 0 aliphatic rings. The largest absolute Gasteiger partial charge is 0.389 e. The summed E-state index contributed by atoms with van der Waals surface area (Å²) >= 11 is 5.11. The Bertz CT molecular complexity index is 797. The van der Waals surface area contributed by atoms with Crippen LogP contribution >= 0.6 is 12.2 Å². The molecule has 5 heteroatoms. The van der Waals surface area contributed by atoms with E-state index in [1.54, 1.807) is 0 Å². The normalized spacial score (nSPS) is 11.1. The van der Waals surface area contributed by atoms with Gasteiger partial charge < -0.3 is 10.3 Å². The first-order valence-corrected chi connectivity index (χ1v) is 6.84. The first kappa shape index (κ1) is 12.9. The van der Waals surface area contributed by atoms with Gasteiger partial charge in [-0.3, -0.25) is 4.68 Å². The molecule has 102 valence electrons. The molecule has 0 aliphatic carbocycles. The molecular weight excluding hydrogens is 268 g/mol. The van der Waals surface area contributed by atoms with E-state index in [9.17, 15) is 0 Å². The fourth-order valence-electron chi connectivity index (χ4n) is 2.56. The lowest BCUT2D eigenvalue weighted by Gasteiger charge is -2.07. The summed E-state index contributed by atoms with van der Waals surface area (Å²) in [6, 6.07) is 10.2. The molecule has 3 aromatic rings. The van der Waals surface area contributed by atoms with Crippen LogP contribution in [0.3, 0.4) is 0 Å². The summed E-state index contributed by atoms with van der Waals surface area (Å²) in [4.78, 5) is 0.435. The third kappa shape index (κ3) is 2.10. The third-order valence-corrected chi connectivity index (χ3v) is 3.73. The van der Waals surface area contributed by atoms with E-state index in [1.165, 1.54) is 5.69 Å². The van der Waals surface area contributed by atoms with Crippen LogP contribution in [0.5, 0.6) is 0 Å². The molecule has 0 bridgehead atoms. The monoisotopic (exact) mass is 284 g/mol. The fraction of sp³-hybridized carbons (Fsp3) is 0.200. The Morgan fingerprint density at radius 1 is 1.35 bits per heavy atom. The highest BCUT2D eigenvalue weighted by molar-refractivity contribution is 7.80. The van der Waals surface area contributed by atoms with Crippen molar-refractivity contribution in [1.82, 2.24) is 14.3 Å². The van der Waals surface area contributed by atoms with Crippen molar-refractivity contribution in [2.24, 2.45) is 12.8 Å². The minimum Gasteiger partial charge on any atom is -0.389 e. The van der Waals surface area contributed by atoms with E-state index in [0.717, 1.165) is 28.7 Å². The Balaban J connectivity index is 2.07. The van der Waals surface area contributed by atoms with Crippen LogP contribution in [-0.2, 0) is 13.6 Å². The summed E-state index contributed by atoms with van der Waals surface area (Å²) < 4.78 is 4.10. The second-order valence-corrected chi connectivity index (χ2v) is 5.39. The van der Waals surface area contributed by atoms with Gasteiger partial charge in [0.25, 0.3) is 0 Å². The van der Waals surface area contributed by atoms with Crippen LogP contribution in [0.25, 0.3) is 10.9 Å². The lowest BCUT2D eigenvalue weighted by molar-refractivity contribution is 0.673. The standard InChI is InChI=1S/C15H16N4S/c1-10-8-11(18(2)17-10)9-19-7-6-12-13(15(16)20)4-3-5-14(12)19/h3-8H,9H2,1-2H3,(H2,16,20). The average Bonchev–Trinajstić information content (AvgIpc) is 2.94. The Morgan fingerprint density at radius 3 is 2.80 bits per heavy atom. The van der Waals surface area contributed by atoms with Crippen LogP contribution in [-0.4, -0.2) is 19.3 Å². The Labute approximate surface area is 122 Å². The van der Waals surface area contributed by atoms with Gasteiger partial charge in [-0.05, 0) is 25.1 Å². The highest BCUT2D eigenvalue weighted by atomic mass is 32.1. The number of fused-ring (bicyclic) bond motifs is 1. The number of nitrogens with two attached hydrogens (primary N) is 1. The zero-order valence-electron chi connectivity index (χ0n) is 11.5. The molecule has 0 fully saturated rings. The highest BCUT2D eigenvalue weighted by Gasteiger charge is 2.09. The maximum absolute atomic E-state index is 5.78. The zero-order valence-corrected chi connectivity index (χ0v) is 12.3. The highest BCUT2D eigenvalue weighted by Crippen LogP contribution is 2.21. The van der Waals surface area contributed by atoms with Crippen molar-refractivity contribution >= 4 is 28.1 Å². The van der Waals surface area contributed by atoms with Gasteiger partial charge in [0.15, 0.2) is 0 Å². The molecule has 0 amide bonds. The Kier molecular flexibility index (Phi) is 3.06. The topological polar surface area (TPSA) is 48.8 Å². The molecule has 0 unspecified atom stereocenters. The Hall–Kier alpha value is -2.14. The second kappa shape index (κ2) is 4.76. The van der Waals surface area contributed by atoms with Gasteiger partial charge in [0, 0.05) is 29.7 Å². The van der Waals surface area contributed by atoms with E-state index in [4.69, 9.17) is 18.0 Å².